The maximum atomic E-state index is 12.1. The Bertz CT molecular complexity index is 733. The van der Waals surface area contributed by atoms with Crippen LogP contribution in [-0.4, -0.2) is 10.5 Å². The summed E-state index contributed by atoms with van der Waals surface area (Å²) >= 11 is 3.32. The molecule has 0 unspecified atom stereocenters. The van der Waals surface area contributed by atoms with Crippen molar-refractivity contribution in [2.75, 3.05) is 11.1 Å². The van der Waals surface area contributed by atoms with Crippen LogP contribution in [0.2, 0.25) is 0 Å². The summed E-state index contributed by atoms with van der Waals surface area (Å²) in [5.74, 6) is -0.296. The molecular formula is C15H16BrN3O2. The van der Waals surface area contributed by atoms with Gasteiger partial charge in [0.2, 0.25) is 5.91 Å². The molecule has 1 aromatic heterocycles. The Balaban J connectivity index is 2.22. The third kappa shape index (κ3) is 3.52. The van der Waals surface area contributed by atoms with Crippen LogP contribution in [0.15, 0.2) is 39.7 Å². The van der Waals surface area contributed by atoms with Crippen molar-refractivity contribution in [1.29, 1.82) is 0 Å². The number of rotatable bonds is 3. The van der Waals surface area contributed by atoms with Crippen molar-refractivity contribution in [3.8, 4) is 0 Å². The van der Waals surface area contributed by atoms with Crippen LogP contribution in [0.25, 0.3) is 0 Å². The molecule has 21 heavy (non-hydrogen) atoms. The summed E-state index contributed by atoms with van der Waals surface area (Å²) in [6.45, 7) is 3.51. The first-order chi connectivity index (χ1) is 9.88. The minimum atomic E-state index is -0.296. The number of nitrogens with one attached hydrogen (secondary N) is 1. The molecule has 1 amide bonds. The van der Waals surface area contributed by atoms with Crippen LogP contribution in [0, 0.1) is 13.8 Å². The van der Waals surface area contributed by atoms with Crippen molar-refractivity contribution < 1.29 is 4.79 Å². The molecule has 6 heteroatoms. The van der Waals surface area contributed by atoms with Gasteiger partial charge in [-0.05, 0) is 47.5 Å². The molecule has 5 nitrogen and oxygen atoms in total. The summed E-state index contributed by atoms with van der Waals surface area (Å²) in [7, 11) is 0. The number of halogens is 1. The highest BCUT2D eigenvalue weighted by atomic mass is 79.9. The third-order valence-corrected chi connectivity index (χ3v) is 3.55. The van der Waals surface area contributed by atoms with Crippen LogP contribution in [0.3, 0.4) is 0 Å². The van der Waals surface area contributed by atoms with Gasteiger partial charge >= 0.3 is 0 Å². The number of nitrogens with zero attached hydrogens (tertiary/aromatic N) is 1. The topological polar surface area (TPSA) is 77.1 Å². The van der Waals surface area contributed by atoms with Crippen molar-refractivity contribution in [3.63, 3.8) is 0 Å². The average Bonchev–Trinajstić information content (AvgIpc) is 2.40. The number of nitrogen functional groups attached to an aromatic ring is 1. The molecule has 0 atom stereocenters. The number of aryl methyl sites for hydroxylation is 2. The van der Waals surface area contributed by atoms with E-state index in [1.54, 1.807) is 25.3 Å². The summed E-state index contributed by atoms with van der Waals surface area (Å²) in [6.07, 6.45) is 1.59. The second-order valence-corrected chi connectivity index (χ2v) is 5.78. The van der Waals surface area contributed by atoms with Gasteiger partial charge in [0.05, 0.1) is 11.4 Å². The molecule has 0 aliphatic heterocycles. The number of aromatic nitrogens is 1. The van der Waals surface area contributed by atoms with Gasteiger partial charge in [-0.1, -0.05) is 12.1 Å². The molecule has 0 bridgehead atoms. The molecule has 110 valence electrons. The van der Waals surface area contributed by atoms with Crippen LogP contribution in [0.1, 0.15) is 11.1 Å². The molecule has 0 saturated heterocycles. The van der Waals surface area contributed by atoms with Crippen LogP contribution in [0.4, 0.5) is 11.4 Å². The number of pyridine rings is 1. The van der Waals surface area contributed by atoms with E-state index in [-0.39, 0.29) is 18.0 Å². The highest BCUT2D eigenvalue weighted by Crippen LogP contribution is 2.22. The molecule has 0 spiro atoms. The lowest BCUT2D eigenvalue weighted by molar-refractivity contribution is -0.116. The summed E-state index contributed by atoms with van der Waals surface area (Å²) in [4.78, 5) is 24.1. The lowest BCUT2D eigenvalue weighted by Gasteiger charge is -2.12. The van der Waals surface area contributed by atoms with E-state index >= 15 is 0 Å². The SMILES string of the molecule is Cc1cccc(N)c1NC(=O)Cn1cc(Br)cc(C)c1=O. The van der Waals surface area contributed by atoms with E-state index in [0.29, 0.717) is 16.9 Å². The van der Waals surface area contributed by atoms with Gasteiger partial charge in [0.1, 0.15) is 6.54 Å². The fourth-order valence-electron chi connectivity index (χ4n) is 2.05. The number of benzene rings is 1. The Morgan fingerprint density at radius 3 is 2.71 bits per heavy atom. The molecular weight excluding hydrogens is 334 g/mol. The summed E-state index contributed by atoms with van der Waals surface area (Å²) < 4.78 is 2.12. The molecule has 0 fully saturated rings. The Labute approximate surface area is 130 Å². The number of hydrogen-bond acceptors (Lipinski definition) is 3. The van der Waals surface area contributed by atoms with E-state index in [1.807, 2.05) is 19.1 Å². The monoisotopic (exact) mass is 349 g/mol. The minimum Gasteiger partial charge on any atom is -0.397 e. The van der Waals surface area contributed by atoms with Crippen LogP contribution in [0.5, 0.6) is 0 Å². The number of para-hydroxylation sites is 1. The lowest BCUT2D eigenvalue weighted by atomic mass is 10.1. The van der Waals surface area contributed by atoms with E-state index in [1.165, 1.54) is 4.57 Å². The van der Waals surface area contributed by atoms with Crippen LogP contribution in [-0.2, 0) is 11.3 Å². The van der Waals surface area contributed by atoms with Crippen molar-refractivity contribution in [1.82, 2.24) is 4.57 Å². The molecule has 0 radical (unpaired) electrons. The highest BCUT2D eigenvalue weighted by Gasteiger charge is 2.10. The van der Waals surface area contributed by atoms with E-state index in [2.05, 4.69) is 21.2 Å². The number of carbonyl (C=O) groups is 1. The summed E-state index contributed by atoms with van der Waals surface area (Å²) in [5, 5.41) is 2.75. The average molecular weight is 350 g/mol. The Hall–Kier alpha value is -2.08. The number of nitrogens with two attached hydrogens (primary N) is 1. The van der Waals surface area contributed by atoms with Gasteiger partial charge in [-0.15, -0.1) is 0 Å². The van der Waals surface area contributed by atoms with E-state index < -0.39 is 0 Å². The molecule has 2 aromatic rings. The zero-order valence-corrected chi connectivity index (χ0v) is 13.4. The Kier molecular flexibility index (Phi) is 4.47. The minimum absolute atomic E-state index is 0.0626. The van der Waals surface area contributed by atoms with Crippen molar-refractivity contribution in [2.45, 2.75) is 20.4 Å². The predicted octanol–water partition coefficient (Wildman–Crippen LogP) is 2.45. The van der Waals surface area contributed by atoms with Gasteiger partial charge in [-0.25, -0.2) is 0 Å². The van der Waals surface area contributed by atoms with Gasteiger partial charge < -0.3 is 15.6 Å². The molecule has 1 aromatic carbocycles. The highest BCUT2D eigenvalue weighted by molar-refractivity contribution is 9.10. The second kappa shape index (κ2) is 6.13. The fraction of sp³-hybridized carbons (Fsp3) is 0.200. The van der Waals surface area contributed by atoms with Crippen molar-refractivity contribution in [2.24, 2.45) is 0 Å². The van der Waals surface area contributed by atoms with Gasteiger partial charge in [0.15, 0.2) is 0 Å². The van der Waals surface area contributed by atoms with Gasteiger partial charge in [0, 0.05) is 16.2 Å². The van der Waals surface area contributed by atoms with Gasteiger partial charge in [0.25, 0.3) is 5.56 Å². The van der Waals surface area contributed by atoms with Gasteiger partial charge in [-0.3, -0.25) is 9.59 Å². The first kappa shape index (κ1) is 15.3. The molecule has 2 rings (SSSR count). The Morgan fingerprint density at radius 1 is 1.33 bits per heavy atom. The number of anilines is 2. The first-order valence-corrected chi connectivity index (χ1v) is 7.19. The fourth-order valence-corrected chi connectivity index (χ4v) is 2.64. The lowest BCUT2D eigenvalue weighted by Crippen LogP contribution is -2.28. The number of hydrogen-bond donors (Lipinski definition) is 2. The third-order valence-electron chi connectivity index (χ3n) is 3.12. The normalized spacial score (nSPS) is 10.4. The summed E-state index contributed by atoms with van der Waals surface area (Å²) in [5.41, 5.74) is 8.20. The van der Waals surface area contributed by atoms with E-state index in [0.717, 1.165) is 10.0 Å². The second-order valence-electron chi connectivity index (χ2n) is 4.86. The maximum absolute atomic E-state index is 12.1. The van der Waals surface area contributed by atoms with Crippen LogP contribution < -0.4 is 16.6 Å². The smallest absolute Gasteiger partial charge is 0.253 e. The first-order valence-electron chi connectivity index (χ1n) is 6.40. The molecule has 0 aliphatic carbocycles. The van der Waals surface area contributed by atoms with Crippen molar-refractivity contribution >= 4 is 33.2 Å². The zero-order chi connectivity index (χ0) is 15.6. The number of carbonyl (C=O) groups excluding carboxylic acids is 1. The molecule has 1 heterocycles. The molecule has 0 aliphatic rings. The maximum Gasteiger partial charge on any atom is 0.253 e. The number of amides is 1. The van der Waals surface area contributed by atoms with E-state index in [9.17, 15) is 9.59 Å². The Morgan fingerprint density at radius 2 is 2.05 bits per heavy atom. The van der Waals surface area contributed by atoms with Crippen LogP contribution >= 0.6 is 15.9 Å². The quantitative estimate of drug-likeness (QED) is 0.835. The molecule has 0 saturated carbocycles. The van der Waals surface area contributed by atoms with Gasteiger partial charge in [-0.2, -0.15) is 0 Å². The standard InChI is InChI=1S/C15H16BrN3O2/c1-9-4-3-5-12(17)14(9)18-13(20)8-19-7-11(16)6-10(2)15(19)21/h3-7H,8,17H2,1-2H3,(H,18,20). The van der Waals surface area contributed by atoms with Crippen molar-refractivity contribution in [3.05, 3.63) is 56.4 Å². The predicted molar refractivity (Wildman–Crippen MR) is 87.4 cm³/mol. The largest absolute Gasteiger partial charge is 0.397 e. The van der Waals surface area contributed by atoms with E-state index in [4.69, 9.17) is 5.73 Å². The zero-order valence-electron chi connectivity index (χ0n) is 11.8. The molecule has 3 N–H and O–H groups in total. The summed E-state index contributed by atoms with van der Waals surface area (Å²) in [6, 6.07) is 7.12.